The normalized spacial score (nSPS) is 11.8. The molecular formula is C21H20N4O4. The van der Waals surface area contributed by atoms with Gasteiger partial charge in [-0.15, -0.1) is 0 Å². The molecule has 1 aliphatic rings. The molecule has 148 valence electrons. The lowest BCUT2D eigenvalue weighted by atomic mass is 10.2. The Morgan fingerprint density at radius 2 is 1.83 bits per heavy atom. The molecule has 0 bridgehead atoms. The lowest BCUT2D eigenvalue weighted by Gasteiger charge is -2.08. The van der Waals surface area contributed by atoms with Crippen LogP contribution in [0.2, 0.25) is 0 Å². The van der Waals surface area contributed by atoms with E-state index >= 15 is 0 Å². The molecule has 1 aliphatic heterocycles. The number of anilines is 1. The molecule has 0 unspecified atom stereocenters. The Kier molecular flexibility index (Phi) is 5.42. The monoisotopic (exact) mass is 392 g/mol. The fourth-order valence-electron chi connectivity index (χ4n) is 2.82. The van der Waals surface area contributed by atoms with Gasteiger partial charge in [-0.3, -0.25) is 4.79 Å². The van der Waals surface area contributed by atoms with Crippen LogP contribution in [0.5, 0.6) is 17.2 Å². The lowest BCUT2D eigenvalue weighted by Crippen LogP contribution is -2.24. The molecule has 0 saturated carbocycles. The van der Waals surface area contributed by atoms with Gasteiger partial charge in [0.05, 0.1) is 7.11 Å². The number of hydrogen-bond donors (Lipinski definition) is 2. The molecule has 1 amide bonds. The third-order valence-corrected chi connectivity index (χ3v) is 4.39. The van der Waals surface area contributed by atoms with Crippen molar-refractivity contribution in [3.8, 4) is 17.2 Å². The first-order chi connectivity index (χ1) is 14.2. The summed E-state index contributed by atoms with van der Waals surface area (Å²) in [4.78, 5) is 20.9. The second-order valence-corrected chi connectivity index (χ2v) is 6.34. The number of benzene rings is 2. The van der Waals surface area contributed by atoms with Crippen molar-refractivity contribution in [2.75, 3.05) is 19.2 Å². The highest BCUT2D eigenvalue weighted by Crippen LogP contribution is 2.32. The Hall–Kier alpha value is -3.81. The summed E-state index contributed by atoms with van der Waals surface area (Å²) in [6.07, 6.45) is 1.55. The van der Waals surface area contributed by atoms with Gasteiger partial charge in [0.25, 0.3) is 5.91 Å². The van der Waals surface area contributed by atoms with Crippen LogP contribution in [0, 0.1) is 0 Å². The summed E-state index contributed by atoms with van der Waals surface area (Å²) in [6, 6.07) is 14.8. The van der Waals surface area contributed by atoms with Crippen LogP contribution >= 0.6 is 0 Å². The maximum atomic E-state index is 12.4. The van der Waals surface area contributed by atoms with Crippen molar-refractivity contribution in [2.24, 2.45) is 0 Å². The third-order valence-electron chi connectivity index (χ3n) is 4.39. The fraction of sp³-hybridized carbons (Fsp3) is 0.190. The van der Waals surface area contributed by atoms with Crippen molar-refractivity contribution in [3.05, 3.63) is 71.5 Å². The Balaban J connectivity index is 1.34. The summed E-state index contributed by atoms with van der Waals surface area (Å²) in [5.74, 6) is 2.30. The minimum absolute atomic E-state index is 0.221. The van der Waals surface area contributed by atoms with Crippen LogP contribution in [-0.4, -0.2) is 29.8 Å². The summed E-state index contributed by atoms with van der Waals surface area (Å²) in [7, 11) is 1.63. The number of aromatic nitrogens is 2. The summed E-state index contributed by atoms with van der Waals surface area (Å²) in [5, 5.41) is 5.98. The Bertz CT molecular complexity index is 1010. The first-order valence-electron chi connectivity index (χ1n) is 9.08. The Labute approximate surface area is 167 Å². The molecule has 1 aromatic heterocycles. The second-order valence-electron chi connectivity index (χ2n) is 6.34. The molecule has 2 aromatic carbocycles. The quantitative estimate of drug-likeness (QED) is 0.638. The van der Waals surface area contributed by atoms with Gasteiger partial charge in [0.2, 0.25) is 12.7 Å². The van der Waals surface area contributed by atoms with E-state index in [1.807, 2.05) is 42.5 Å². The Morgan fingerprint density at radius 3 is 2.66 bits per heavy atom. The number of carbonyl (C=O) groups excluding carboxylic acids is 1. The number of methoxy groups -OCH3 is 1. The molecule has 0 radical (unpaired) electrons. The van der Waals surface area contributed by atoms with Crippen molar-refractivity contribution in [1.29, 1.82) is 0 Å². The van der Waals surface area contributed by atoms with Crippen LogP contribution in [0.4, 0.5) is 5.95 Å². The highest BCUT2D eigenvalue weighted by Gasteiger charge is 2.14. The van der Waals surface area contributed by atoms with E-state index in [4.69, 9.17) is 14.2 Å². The number of hydrogen-bond acceptors (Lipinski definition) is 7. The van der Waals surface area contributed by atoms with Crippen molar-refractivity contribution in [2.45, 2.75) is 13.1 Å². The van der Waals surface area contributed by atoms with Crippen LogP contribution in [-0.2, 0) is 13.1 Å². The number of fused-ring (bicyclic) bond motifs is 1. The van der Waals surface area contributed by atoms with Gasteiger partial charge in [-0.05, 0) is 41.5 Å². The van der Waals surface area contributed by atoms with E-state index in [0.29, 0.717) is 30.5 Å². The molecule has 2 heterocycles. The lowest BCUT2D eigenvalue weighted by molar-refractivity contribution is 0.0945. The number of amides is 1. The number of rotatable bonds is 7. The molecule has 8 nitrogen and oxygen atoms in total. The van der Waals surface area contributed by atoms with Crippen LogP contribution < -0.4 is 24.8 Å². The molecule has 0 spiro atoms. The minimum atomic E-state index is -0.280. The van der Waals surface area contributed by atoms with Gasteiger partial charge in [0.15, 0.2) is 11.5 Å². The molecule has 8 heteroatoms. The minimum Gasteiger partial charge on any atom is -0.497 e. The third kappa shape index (κ3) is 4.55. The van der Waals surface area contributed by atoms with Crippen molar-refractivity contribution >= 4 is 11.9 Å². The summed E-state index contributed by atoms with van der Waals surface area (Å²) >= 11 is 0. The highest BCUT2D eigenvalue weighted by atomic mass is 16.7. The predicted molar refractivity (Wildman–Crippen MR) is 106 cm³/mol. The van der Waals surface area contributed by atoms with Crippen LogP contribution in [0.15, 0.2) is 54.7 Å². The van der Waals surface area contributed by atoms with Crippen molar-refractivity contribution in [1.82, 2.24) is 15.3 Å². The van der Waals surface area contributed by atoms with Crippen molar-refractivity contribution < 1.29 is 19.0 Å². The number of ether oxygens (including phenoxy) is 3. The SMILES string of the molecule is COc1ccc(CNc2nccc(C(=O)NCc3ccc4c(c3)OCO4)n2)cc1. The van der Waals surface area contributed by atoms with Crippen LogP contribution in [0.1, 0.15) is 21.6 Å². The standard InChI is InChI=1S/C21H20N4O4/c1-27-16-5-2-14(3-6-16)11-24-21-22-9-8-17(25-21)20(26)23-12-15-4-7-18-19(10-15)29-13-28-18/h2-10H,11-13H2,1H3,(H,23,26)(H,22,24,25). The van der Waals surface area contributed by atoms with Crippen LogP contribution in [0.25, 0.3) is 0 Å². The van der Waals surface area contributed by atoms with E-state index < -0.39 is 0 Å². The van der Waals surface area contributed by atoms with E-state index in [1.54, 1.807) is 19.4 Å². The van der Waals surface area contributed by atoms with Gasteiger partial charge in [0, 0.05) is 19.3 Å². The number of nitrogens with zero attached hydrogens (tertiary/aromatic N) is 2. The summed E-state index contributed by atoms with van der Waals surface area (Å²) in [6.45, 7) is 1.11. The van der Waals surface area contributed by atoms with E-state index in [2.05, 4.69) is 20.6 Å². The largest absolute Gasteiger partial charge is 0.497 e. The van der Waals surface area contributed by atoms with Gasteiger partial charge >= 0.3 is 0 Å². The van der Waals surface area contributed by atoms with E-state index in [0.717, 1.165) is 16.9 Å². The average molecular weight is 392 g/mol. The molecule has 0 atom stereocenters. The van der Waals surface area contributed by atoms with Gasteiger partial charge < -0.3 is 24.8 Å². The Morgan fingerprint density at radius 1 is 1.03 bits per heavy atom. The second kappa shape index (κ2) is 8.47. The van der Waals surface area contributed by atoms with Crippen molar-refractivity contribution in [3.63, 3.8) is 0 Å². The molecule has 0 saturated heterocycles. The van der Waals surface area contributed by atoms with E-state index in [9.17, 15) is 4.79 Å². The van der Waals surface area contributed by atoms with Gasteiger partial charge in [-0.25, -0.2) is 9.97 Å². The number of carbonyl (C=O) groups is 1. The average Bonchev–Trinajstić information content (AvgIpc) is 3.24. The summed E-state index contributed by atoms with van der Waals surface area (Å²) in [5.41, 5.74) is 2.25. The fourth-order valence-corrected chi connectivity index (χ4v) is 2.82. The van der Waals surface area contributed by atoms with Gasteiger partial charge in [-0.2, -0.15) is 0 Å². The topological polar surface area (TPSA) is 94.6 Å². The summed E-state index contributed by atoms with van der Waals surface area (Å²) < 4.78 is 15.8. The van der Waals surface area contributed by atoms with E-state index in [1.165, 1.54) is 0 Å². The van der Waals surface area contributed by atoms with Gasteiger partial charge in [0.1, 0.15) is 11.4 Å². The van der Waals surface area contributed by atoms with Gasteiger partial charge in [-0.1, -0.05) is 18.2 Å². The smallest absolute Gasteiger partial charge is 0.270 e. The van der Waals surface area contributed by atoms with Crippen LogP contribution in [0.3, 0.4) is 0 Å². The molecular weight excluding hydrogens is 372 g/mol. The maximum Gasteiger partial charge on any atom is 0.270 e. The zero-order valence-electron chi connectivity index (χ0n) is 15.8. The molecule has 0 aliphatic carbocycles. The first-order valence-corrected chi connectivity index (χ1v) is 9.08. The maximum absolute atomic E-state index is 12.4. The molecule has 3 aromatic rings. The molecule has 0 fully saturated rings. The molecule has 4 rings (SSSR count). The first kappa shape index (κ1) is 18.5. The number of nitrogens with one attached hydrogen (secondary N) is 2. The highest BCUT2D eigenvalue weighted by molar-refractivity contribution is 5.92. The van der Waals surface area contributed by atoms with E-state index in [-0.39, 0.29) is 18.4 Å². The molecule has 29 heavy (non-hydrogen) atoms. The molecule has 2 N–H and O–H groups in total. The zero-order valence-corrected chi connectivity index (χ0v) is 15.8. The zero-order chi connectivity index (χ0) is 20.1. The predicted octanol–water partition coefficient (Wildman–Crippen LogP) is 2.76.